The van der Waals surface area contributed by atoms with Gasteiger partial charge in [-0.05, 0) is 19.1 Å². The number of oxazole rings is 1. The van der Waals surface area contributed by atoms with Crippen molar-refractivity contribution in [2.75, 3.05) is 0 Å². The number of hydrogen-bond acceptors (Lipinski definition) is 3. The van der Waals surface area contributed by atoms with E-state index in [2.05, 4.69) is 43.2 Å². The number of aromatic nitrogens is 1. The van der Waals surface area contributed by atoms with Crippen LogP contribution in [0.4, 0.5) is 0 Å². The van der Waals surface area contributed by atoms with E-state index in [4.69, 9.17) is 4.42 Å². The number of aryl methyl sites for hydroxylation is 1. The Morgan fingerprint density at radius 2 is 2.18 bits per heavy atom. The molecule has 1 heterocycles. The summed E-state index contributed by atoms with van der Waals surface area (Å²) in [6, 6.07) is 8.62. The molecule has 1 aromatic heterocycles. The Morgan fingerprint density at radius 1 is 1.35 bits per heavy atom. The first-order valence-electron chi connectivity index (χ1n) is 5.90. The van der Waals surface area contributed by atoms with Crippen LogP contribution in [0.3, 0.4) is 0 Å². The number of nitrogens with one attached hydrogen (secondary N) is 1. The van der Waals surface area contributed by atoms with Crippen LogP contribution in [0.1, 0.15) is 25.1 Å². The molecule has 0 spiro atoms. The van der Waals surface area contributed by atoms with Gasteiger partial charge in [0.05, 0.1) is 5.69 Å². The Kier molecular flexibility index (Phi) is 3.59. The van der Waals surface area contributed by atoms with E-state index >= 15 is 0 Å². The molecule has 17 heavy (non-hydrogen) atoms. The van der Waals surface area contributed by atoms with E-state index in [-0.39, 0.29) is 0 Å². The predicted octanol–water partition coefficient (Wildman–Crippen LogP) is 3.15. The molecule has 2 aromatic rings. The Balaban J connectivity index is 2.12. The number of nitrogens with zero attached hydrogens (tertiary/aromatic N) is 1. The van der Waals surface area contributed by atoms with Crippen molar-refractivity contribution in [1.29, 1.82) is 0 Å². The van der Waals surface area contributed by atoms with Gasteiger partial charge in [0.1, 0.15) is 6.26 Å². The Hall–Kier alpha value is -1.61. The number of hydrogen-bond donors (Lipinski definition) is 1. The topological polar surface area (TPSA) is 38.1 Å². The van der Waals surface area contributed by atoms with Crippen LogP contribution in [0.2, 0.25) is 0 Å². The van der Waals surface area contributed by atoms with Crippen molar-refractivity contribution < 1.29 is 4.42 Å². The van der Waals surface area contributed by atoms with E-state index in [0.717, 1.165) is 17.8 Å². The smallest absolute Gasteiger partial charge is 0.226 e. The highest BCUT2D eigenvalue weighted by molar-refractivity contribution is 5.54. The van der Waals surface area contributed by atoms with Crippen molar-refractivity contribution in [2.24, 2.45) is 0 Å². The summed E-state index contributed by atoms with van der Waals surface area (Å²) in [5, 5.41) is 3.32. The molecule has 1 N–H and O–H groups in total. The highest BCUT2D eigenvalue weighted by Crippen LogP contribution is 2.19. The van der Waals surface area contributed by atoms with Crippen LogP contribution >= 0.6 is 0 Å². The van der Waals surface area contributed by atoms with Crippen molar-refractivity contribution in [1.82, 2.24) is 10.3 Å². The maximum atomic E-state index is 5.49. The lowest BCUT2D eigenvalue weighted by atomic mass is 10.1. The largest absolute Gasteiger partial charge is 0.444 e. The molecule has 1 aromatic carbocycles. The lowest BCUT2D eigenvalue weighted by molar-refractivity contribution is 0.560. The van der Waals surface area contributed by atoms with Crippen molar-refractivity contribution in [3.63, 3.8) is 0 Å². The normalized spacial score (nSPS) is 11.1. The third kappa shape index (κ3) is 3.17. The van der Waals surface area contributed by atoms with Gasteiger partial charge in [0, 0.05) is 18.2 Å². The maximum absolute atomic E-state index is 5.49. The van der Waals surface area contributed by atoms with Crippen LogP contribution in [0.5, 0.6) is 0 Å². The third-order valence-corrected chi connectivity index (χ3v) is 2.51. The molecule has 0 fully saturated rings. The number of rotatable bonds is 4. The van der Waals surface area contributed by atoms with Gasteiger partial charge < -0.3 is 9.73 Å². The van der Waals surface area contributed by atoms with Crippen LogP contribution in [0, 0.1) is 6.92 Å². The van der Waals surface area contributed by atoms with Gasteiger partial charge in [-0.25, -0.2) is 4.98 Å². The lowest BCUT2D eigenvalue weighted by Crippen LogP contribution is -2.21. The molecule has 2 rings (SSSR count). The lowest BCUT2D eigenvalue weighted by Gasteiger charge is -2.04. The van der Waals surface area contributed by atoms with Gasteiger partial charge in [-0.1, -0.05) is 31.5 Å². The molecule has 0 atom stereocenters. The first kappa shape index (κ1) is 11.9. The van der Waals surface area contributed by atoms with Crippen molar-refractivity contribution in [3.8, 4) is 11.5 Å². The summed E-state index contributed by atoms with van der Waals surface area (Å²) in [5.41, 5.74) is 3.18. The van der Waals surface area contributed by atoms with Gasteiger partial charge in [0.25, 0.3) is 0 Å². The Labute approximate surface area is 102 Å². The van der Waals surface area contributed by atoms with Crippen LogP contribution < -0.4 is 5.32 Å². The number of benzene rings is 1. The molecule has 0 bridgehead atoms. The zero-order valence-corrected chi connectivity index (χ0v) is 10.5. The molecular formula is C14H18N2O. The van der Waals surface area contributed by atoms with Gasteiger partial charge in [0.15, 0.2) is 0 Å². The van der Waals surface area contributed by atoms with E-state index < -0.39 is 0 Å². The van der Waals surface area contributed by atoms with Gasteiger partial charge in [-0.3, -0.25) is 0 Å². The minimum atomic E-state index is 0.453. The van der Waals surface area contributed by atoms with E-state index in [1.165, 1.54) is 5.56 Å². The van der Waals surface area contributed by atoms with Crippen LogP contribution in [-0.2, 0) is 6.54 Å². The fourth-order valence-corrected chi connectivity index (χ4v) is 1.61. The second-order valence-corrected chi connectivity index (χ2v) is 4.55. The summed E-state index contributed by atoms with van der Waals surface area (Å²) < 4.78 is 5.49. The van der Waals surface area contributed by atoms with Crippen LogP contribution in [0.15, 0.2) is 34.9 Å². The molecule has 3 nitrogen and oxygen atoms in total. The highest BCUT2D eigenvalue weighted by Gasteiger charge is 2.06. The van der Waals surface area contributed by atoms with E-state index in [0.29, 0.717) is 11.9 Å². The van der Waals surface area contributed by atoms with Crippen molar-refractivity contribution in [3.05, 3.63) is 41.8 Å². The molecule has 0 amide bonds. The van der Waals surface area contributed by atoms with Crippen molar-refractivity contribution in [2.45, 2.75) is 33.4 Å². The molecule has 0 aliphatic rings. The molecular weight excluding hydrogens is 212 g/mol. The van der Waals surface area contributed by atoms with Crippen LogP contribution in [0.25, 0.3) is 11.5 Å². The fraction of sp³-hybridized carbons (Fsp3) is 0.357. The molecule has 0 saturated carbocycles. The molecule has 0 radical (unpaired) electrons. The summed E-state index contributed by atoms with van der Waals surface area (Å²) in [4.78, 5) is 4.46. The molecule has 0 aliphatic carbocycles. The standard InChI is InChI=1S/C14H18N2O/c1-10(2)15-8-13-9-17-14(16-13)12-6-4-5-11(3)7-12/h4-7,9-10,15H,8H2,1-3H3. The SMILES string of the molecule is Cc1cccc(-c2nc(CNC(C)C)co2)c1. The second kappa shape index (κ2) is 5.15. The van der Waals surface area contributed by atoms with Gasteiger partial charge in [-0.2, -0.15) is 0 Å². The van der Waals surface area contributed by atoms with E-state index in [9.17, 15) is 0 Å². The molecule has 0 aliphatic heterocycles. The second-order valence-electron chi connectivity index (χ2n) is 4.55. The molecule has 90 valence electrons. The molecule has 0 unspecified atom stereocenters. The minimum Gasteiger partial charge on any atom is -0.444 e. The maximum Gasteiger partial charge on any atom is 0.226 e. The molecule has 0 saturated heterocycles. The monoisotopic (exact) mass is 230 g/mol. The third-order valence-electron chi connectivity index (χ3n) is 2.51. The average molecular weight is 230 g/mol. The summed E-state index contributed by atoms with van der Waals surface area (Å²) in [5.74, 6) is 0.689. The minimum absolute atomic E-state index is 0.453. The first-order chi connectivity index (χ1) is 8.15. The molecule has 3 heteroatoms. The Bertz CT molecular complexity index is 488. The Morgan fingerprint density at radius 3 is 2.88 bits per heavy atom. The average Bonchev–Trinajstić information content (AvgIpc) is 2.75. The highest BCUT2D eigenvalue weighted by atomic mass is 16.3. The fourth-order valence-electron chi connectivity index (χ4n) is 1.61. The summed E-state index contributed by atoms with van der Waals surface area (Å²) >= 11 is 0. The van der Waals surface area contributed by atoms with Gasteiger partial charge in [-0.15, -0.1) is 0 Å². The zero-order chi connectivity index (χ0) is 12.3. The predicted molar refractivity (Wildman–Crippen MR) is 68.7 cm³/mol. The van der Waals surface area contributed by atoms with Gasteiger partial charge >= 0.3 is 0 Å². The first-order valence-corrected chi connectivity index (χ1v) is 5.90. The summed E-state index contributed by atoms with van der Waals surface area (Å²) in [6.07, 6.45) is 1.72. The summed E-state index contributed by atoms with van der Waals surface area (Å²) in [6.45, 7) is 7.03. The van der Waals surface area contributed by atoms with Gasteiger partial charge in [0.2, 0.25) is 5.89 Å². The van der Waals surface area contributed by atoms with Crippen LogP contribution in [-0.4, -0.2) is 11.0 Å². The van der Waals surface area contributed by atoms with E-state index in [1.807, 2.05) is 12.1 Å². The summed E-state index contributed by atoms with van der Waals surface area (Å²) in [7, 11) is 0. The quantitative estimate of drug-likeness (QED) is 0.876. The van der Waals surface area contributed by atoms with Crippen molar-refractivity contribution >= 4 is 0 Å². The van der Waals surface area contributed by atoms with E-state index in [1.54, 1.807) is 6.26 Å². The zero-order valence-electron chi connectivity index (χ0n) is 10.5.